The summed E-state index contributed by atoms with van der Waals surface area (Å²) in [4.78, 5) is 0. The van der Waals surface area contributed by atoms with Crippen LogP contribution in [0.5, 0.6) is 0 Å². The summed E-state index contributed by atoms with van der Waals surface area (Å²) in [5, 5.41) is 3.35. The SMILES string of the molecule is CC[CH](S(=O)(=O)N(CC)CC)[Ge]([CH2]C)([CH2]C)[CH2]C. The van der Waals surface area contributed by atoms with Gasteiger partial charge in [-0.1, -0.05) is 0 Å². The molecular weight excluding hydrogens is 307 g/mol. The van der Waals surface area contributed by atoms with Crippen LogP contribution in [-0.2, 0) is 10.0 Å². The topological polar surface area (TPSA) is 37.4 Å². The standard InChI is InChI=1S/C13H31GeNO2S/c1-7-13(14(8-2,9-3)10-4)18(16,17)15(11-5)12-6/h13H,7-12H2,1-6H3. The first-order valence-electron chi connectivity index (χ1n) is 7.38. The molecule has 0 saturated carbocycles. The average molecular weight is 338 g/mol. The Balaban J connectivity index is 5.55. The van der Waals surface area contributed by atoms with E-state index in [1.54, 1.807) is 4.31 Å². The van der Waals surface area contributed by atoms with E-state index in [2.05, 4.69) is 20.8 Å². The second-order valence-corrected chi connectivity index (χ2v) is 19.6. The third-order valence-corrected chi connectivity index (χ3v) is 23.9. The molecule has 0 bridgehead atoms. The third-order valence-electron chi connectivity index (χ3n) is 4.59. The van der Waals surface area contributed by atoms with E-state index in [0.29, 0.717) is 13.1 Å². The van der Waals surface area contributed by atoms with Crippen LogP contribution in [0.3, 0.4) is 0 Å². The Morgan fingerprint density at radius 2 is 1.28 bits per heavy atom. The molecule has 1 unspecified atom stereocenters. The monoisotopic (exact) mass is 339 g/mol. The normalized spacial score (nSPS) is 15.1. The van der Waals surface area contributed by atoms with Crippen LogP contribution in [0.25, 0.3) is 0 Å². The minimum atomic E-state index is -3.09. The van der Waals surface area contributed by atoms with Gasteiger partial charge in [-0.25, -0.2) is 0 Å². The Kier molecular flexibility index (Phi) is 8.10. The van der Waals surface area contributed by atoms with Gasteiger partial charge < -0.3 is 0 Å². The molecule has 0 amide bonds. The molecule has 0 aromatic heterocycles. The summed E-state index contributed by atoms with van der Waals surface area (Å²) < 4.78 is 27.3. The van der Waals surface area contributed by atoms with Gasteiger partial charge >= 0.3 is 117 Å². The number of sulfonamides is 1. The number of hydrogen-bond acceptors (Lipinski definition) is 2. The zero-order valence-corrected chi connectivity index (χ0v) is 15.9. The molecule has 0 rings (SSSR count). The van der Waals surface area contributed by atoms with E-state index in [9.17, 15) is 8.42 Å². The fourth-order valence-electron chi connectivity index (χ4n) is 3.16. The van der Waals surface area contributed by atoms with Crippen LogP contribution in [0.2, 0.25) is 15.8 Å². The fourth-order valence-corrected chi connectivity index (χ4v) is 20.6. The van der Waals surface area contributed by atoms with Crippen LogP contribution in [0.1, 0.15) is 48.0 Å². The van der Waals surface area contributed by atoms with E-state index < -0.39 is 23.3 Å². The van der Waals surface area contributed by atoms with Crippen molar-refractivity contribution in [2.75, 3.05) is 13.1 Å². The second kappa shape index (κ2) is 7.90. The Hall–Kier alpha value is 0.453. The fraction of sp³-hybridized carbons (Fsp3) is 1.00. The van der Waals surface area contributed by atoms with Crippen LogP contribution >= 0.6 is 0 Å². The Morgan fingerprint density at radius 3 is 1.50 bits per heavy atom. The number of rotatable bonds is 9. The zero-order valence-electron chi connectivity index (χ0n) is 13.0. The van der Waals surface area contributed by atoms with Gasteiger partial charge in [-0.05, 0) is 0 Å². The molecule has 0 saturated heterocycles. The van der Waals surface area contributed by atoms with Gasteiger partial charge in [0.1, 0.15) is 0 Å². The summed E-state index contributed by atoms with van der Waals surface area (Å²) in [6.07, 6.45) is 0.786. The predicted molar refractivity (Wildman–Crippen MR) is 83.1 cm³/mol. The first kappa shape index (κ1) is 18.5. The second-order valence-electron chi connectivity index (χ2n) is 4.95. The summed E-state index contributed by atoms with van der Waals surface area (Å²) in [6, 6.07) is 0. The molecule has 1 atom stereocenters. The van der Waals surface area contributed by atoms with Crippen molar-refractivity contribution in [3.63, 3.8) is 0 Å². The van der Waals surface area contributed by atoms with Crippen LogP contribution < -0.4 is 0 Å². The molecular formula is C13H31GeNO2S. The summed E-state index contributed by atoms with van der Waals surface area (Å²) in [6.45, 7) is 13.7. The van der Waals surface area contributed by atoms with Crippen molar-refractivity contribution in [2.24, 2.45) is 0 Å². The molecule has 0 aliphatic rings. The van der Waals surface area contributed by atoms with Gasteiger partial charge in [0.05, 0.1) is 0 Å². The molecule has 18 heavy (non-hydrogen) atoms. The molecule has 0 aromatic carbocycles. The van der Waals surface area contributed by atoms with Gasteiger partial charge in [0.25, 0.3) is 0 Å². The van der Waals surface area contributed by atoms with E-state index in [4.69, 9.17) is 0 Å². The van der Waals surface area contributed by atoms with Crippen molar-refractivity contribution in [1.82, 2.24) is 4.31 Å². The molecule has 5 heteroatoms. The molecule has 0 spiro atoms. The van der Waals surface area contributed by atoms with Gasteiger partial charge in [-0.3, -0.25) is 0 Å². The Labute approximate surface area is 117 Å². The zero-order chi connectivity index (χ0) is 14.4. The van der Waals surface area contributed by atoms with Crippen molar-refractivity contribution in [1.29, 1.82) is 0 Å². The van der Waals surface area contributed by atoms with E-state index >= 15 is 0 Å². The Bertz CT molecular complexity index is 314. The molecule has 0 fully saturated rings. The van der Waals surface area contributed by atoms with E-state index in [1.807, 2.05) is 20.8 Å². The molecule has 0 radical (unpaired) electrons. The van der Waals surface area contributed by atoms with Gasteiger partial charge in [0.15, 0.2) is 0 Å². The summed E-state index contributed by atoms with van der Waals surface area (Å²) in [5.74, 6) is 0. The average Bonchev–Trinajstić information content (AvgIpc) is 2.36. The summed E-state index contributed by atoms with van der Waals surface area (Å²) >= 11 is -2.28. The molecule has 0 aliphatic carbocycles. The van der Waals surface area contributed by atoms with Crippen molar-refractivity contribution in [3.8, 4) is 0 Å². The minimum absolute atomic E-state index is 0.0580. The number of hydrogen-bond donors (Lipinski definition) is 0. The van der Waals surface area contributed by atoms with Crippen LogP contribution in [0.15, 0.2) is 0 Å². The van der Waals surface area contributed by atoms with Gasteiger partial charge in [-0.15, -0.1) is 0 Å². The maximum atomic E-state index is 12.8. The van der Waals surface area contributed by atoms with E-state index in [1.165, 1.54) is 0 Å². The van der Waals surface area contributed by atoms with Crippen molar-refractivity contribution < 1.29 is 8.42 Å². The summed E-state index contributed by atoms with van der Waals surface area (Å²) in [5.41, 5.74) is 0. The first-order valence-corrected chi connectivity index (χ1v) is 14.5. The quantitative estimate of drug-likeness (QED) is 0.604. The molecule has 0 heterocycles. The van der Waals surface area contributed by atoms with Gasteiger partial charge in [0.2, 0.25) is 0 Å². The van der Waals surface area contributed by atoms with Gasteiger partial charge in [0, 0.05) is 0 Å². The van der Waals surface area contributed by atoms with Crippen molar-refractivity contribution in [2.45, 2.75) is 67.8 Å². The number of nitrogens with zero attached hydrogens (tertiary/aromatic N) is 1. The van der Waals surface area contributed by atoms with Crippen LogP contribution in [0.4, 0.5) is 0 Å². The van der Waals surface area contributed by atoms with Crippen LogP contribution in [-0.4, -0.2) is 43.2 Å². The predicted octanol–water partition coefficient (Wildman–Crippen LogP) is 3.48. The first-order chi connectivity index (χ1) is 8.39. The molecule has 3 nitrogen and oxygen atoms in total. The van der Waals surface area contributed by atoms with Gasteiger partial charge in [-0.2, -0.15) is 0 Å². The van der Waals surface area contributed by atoms with Crippen molar-refractivity contribution in [3.05, 3.63) is 0 Å². The van der Waals surface area contributed by atoms with E-state index in [-0.39, 0.29) is 4.08 Å². The van der Waals surface area contributed by atoms with Crippen molar-refractivity contribution >= 4 is 23.3 Å². The maximum absolute atomic E-state index is 12.8. The molecule has 0 N–H and O–H groups in total. The van der Waals surface area contributed by atoms with Crippen LogP contribution in [0, 0.1) is 0 Å². The third kappa shape index (κ3) is 3.51. The molecule has 0 aliphatic heterocycles. The van der Waals surface area contributed by atoms with E-state index in [0.717, 1.165) is 22.2 Å². The molecule has 0 aromatic rings. The molecule has 110 valence electrons. The Morgan fingerprint density at radius 1 is 0.889 bits per heavy atom. The summed E-state index contributed by atoms with van der Waals surface area (Å²) in [7, 11) is -3.09.